The van der Waals surface area contributed by atoms with Crippen LogP contribution in [0.3, 0.4) is 0 Å². The second-order valence-electron chi connectivity index (χ2n) is 5.61. The number of anilines is 1. The van der Waals surface area contributed by atoms with E-state index in [1.807, 2.05) is 24.3 Å². The third-order valence-corrected chi connectivity index (χ3v) is 4.56. The molecule has 1 fully saturated rings. The summed E-state index contributed by atoms with van der Waals surface area (Å²) < 4.78 is 19.5. The largest absolute Gasteiger partial charge is 0.495 e. The van der Waals surface area contributed by atoms with Crippen LogP contribution in [0.4, 0.5) is 10.1 Å². The maximum atomic E-state index is 13.5. The molecule has 0 N–H and O–H groups in total. The molecule has 0 bridgehead atoms. The Morgan fingerprint density at radius 3 is 2.50 bits per heavy atom. The molecule has 2 aromatic rings. The second-order valence-corrected chi connectivity index (χ2v) is 6.52. The summed E-state index contributed by atoms with van der Waals surface area (Å²) in [4.78, 5) is 16.5. The Kier molecular flexibility index (Phi) is 5.04. The monoisotopic (exact) mass is 392 g/mol. The average Bonchev–Trinajstić information content (AvgIpc) is 2.60. The number of hydrogen-bond acceptors (Lipinski definition) is 3. The van der Waals surface area contributed by atoms with E-state index >= 15 is 0 Å². The Morgan fingerprint density at radius 2 is 1.83 bits per heavy atom. The molecule has 3 rings (SSSR count). The van der Waals surface area contributed by atoms with Gasteiger partial charge >= 0.3 is 0 Å². The van der Waals surface area contributed by atoms with Crippen molar-refractivity contribution >= 4 is 27.5 Å². The van der Waals surface area contributed by atoms with Crippen LogP contribution in [0.1, 0.15) is 10.4 Å². The van der Waals surface area contributed by atoms with Gasteiger partial charge in [0.05, 0.1) is 12.8 Å². The van der Waals surface area contributed by atoms with E-state index in [-0.39, 0.29) is 5.91 Å². The van der Waals surface area contributed by atoms with Crippen LogP contribution in [0.15, 0.2) is 46.9 Å². The number of piperazine rings is 1. The van der Waals surface area contributed by atoms with Crippen molar-refractivity contribution in [2.24, 2.45) is 0 Å². The summed E-state index contributed by atoms with van der Waals surface area (Å²) in [5, 5.41) is 0. The number of hydrogen-bond donors (Lipinski definition) is 0. The normalized spacial score (nSPS) is 14.6. The number of rotatable bonds is 3. The van der Waals surface area contributed by atoms with Crippen LogP contribution in [0.5, 0.6) is 5.75 Å². The first-order valence-corrected chi connectivity index (χ1v) is 8.51. The van der Waals surface area contributed by atoms with Crippen LogP contribution in [0, 0.1) is 5.82 Å². The summed E-state index contributed by atoms with van der Waals surface area (Å²) >= 11 is 3.23. The van der Waals surface area contributed by atoms with Crippen LogP contribution in [0.2, 0.25) is 0 Å². The van der Waals surface area contributed by atoms with Crippen LogP contribution in [0.25, 0.3) is 0 Å². The van der Waals surface area contributed by atoms with Gasteiger partial charge in [-0.3, -0.25) is 4.79 Å². The number of carbonyl (C=O) groups is 1. The van der Waals surface area contributed by atoms with Crippen molar-refractivity contribution in [3.8, 4) is 5.75 Å². The number of ether oxygens (including phenoxy) is 1. The van der Waals surface area contributed by atoms with E-state index in [0.717, 1.165) is 11.4 Å². The lowest BCUT2D eigenvalue weighted by Gasteiger charge is -2.36. The van der Waals surface area contributed by atoms with Gasteiger partial charge in [-0.25, -0.2) is 4.39 Å². The third-order valence-electron chi connectivity index (χ3n) is 4.10. The molecule has 0 radical (unpaired) electrons. The molecule has 0 unspecified atom stereocenters. The van der Waals surface area contributed by atoms with E-state index in [2.05, 4.69) is 20.8 Å². The van der Waals surface area contributed by atoms with Gasteiger partial charge in [0.25, 0.3) is 5.91 Å². The minimum atomic E-state index is -0.416. The summed E-state index contributed by atoms with van der Waals surface area (Å²) in [6.45, 7) is 2.60. The summed E-state index contributed by atoms with van der Waals surface area (Å²) in [5.74, 6) is 0.265. The Balaban J connectivity index is 1.69. The van der Waals surface area contributed by atoms with Crippen molar-refractivity contribution in [2.45, 2.75) is 0 Å². The maximum Gasteiger partial charge on any atom is 0.254 e. The van der Waals surface area contributed by atoms with E-state index < -0.39 is 5.82 Å². The fourth-order valence-corrected chi connectivity index (χ4v) is 3.37. The number of methoxy groups -OCH3 is 1. The van der Waals surface area contributed by atoms with Gasteiger partial charge in [-0.05, 0) is 30.3 Å². The molecule has 6 heteroatoms. The molecule has 1 saturated heterocycles. The number of halogens is 2. The molecular weight excluding hydrogens is 375 g/mol. The van der Waals surface area contributed by atoms with Gasteiger partial charge in [0.15, 0.2) is 0 Å². The zero-order valence-corrected chi connectivity index (χ0v) is 14.9. The molecule has 1 aliphatic heterocycles. The Hall–Kier alpha value is -2.08. The standard InChI is InChI=1S/C18H18BrFN2O2/c1-24-17-5-3-2-4-16(17)21-6-8-22(9-7-21)18(23)13-10-14(19)12-15(20)11-13/h2-5,10-12H,6-9H2,1H3. The lowest BCUT2D eigenvalue weighted by molar-refractivity contribution is 0.0746. The predicted molar refractivity (Wildman–Crippen MR) is 95.2 cm³/mol. The molecule has 2 aromatic carbocycles. The summed E-state index contributed by atoms with van der Waals surface area (Å²) in [6, 6.07) is 12.1. The van der Waals surface area contributed by atoms with Crippen molar-refractivity contribution in [1.82, 2.24) is 4.90 Å². The minimum absolute atomic E-state index is 0.144. The fourth-order valence-electron chi connectivity index (χ4n) is 2.90. The van der Waals surface area contributed by atoms with Gasteiger partial charge < -0.3 is 14.5 Å². The quantitative estimate of drug-likeness (QED) is 0.800. The van der Waals surface area contributed by atoms with Crippen LogP contribution in [-0.2, 0) is 0 Å². The number of nitrogens with zero attached hydrogens (tertiary/aromatic N) is 2. The first-order valence-electron chi connectivity index (χ1n) is 7.72. The second kappa shape index (κ2) is 7.21. The van der Waals surface area contributed by atoms with Gasteiger partial charge in [-0.2, -0.15) is 0 Å². The number of amides is 1. The lowest BCUT2D eigenvalue weighted by atomic mass is 10.1. The molecule has 126 valence electrons. The average molecular weight is 393 g/mol. The van der Waals surface area contributed by atoms with Crippen molar-refractivity contribution in [1.29, 1.82) is 0 Å². The van der Waals surface area contributed by atoms with Crippen molar-refractivity contribution in [3.63, 3.8) is 0 Å². The molecule has 24 heavy (non-hydrogen) atoms. The molecule has 0 aliphatic carbocycles. The molecular formula is C18H18BrFN2O2. The highest BCUT2D eigenvalue weighted by atomic mass is 79.9. The van der Waals surface area contributed by atoms with E-state index in [4.69, 9.17) is 4.74 Å². The van der Waals surface area contributed by atoms with Crippen LogP contribution < -0.4 is 9.64 Å². The highest BCUT2D eigenvalue weighted by Gasteiger charge is 2.24. The molecule has 4 nitrogen and oxygen atoms in total. The highest BCUT2D eigenvalue weighted by Crippen LogP contribution is 2.28. The number of carbonyl (C=O) groups excluding carboxylic acids is 1. The van der Waals surface area contributed by atoms with Gasteiger partial charge in [-0.1, -0.05) is 28.1 Å². The minimum Gasteiger partial charge on any atom is -0.495 e. The van der Waals surface area contributed by atoms with Gasteiger partial charge in [0.1, 0.15) is 11.6 Å². The van der Waals surface area contributed by atoms with Gasteiger partial charge in [0, 0.05) is 36.2 Å². The molecule has 0 aromatic heterocycles. The van der Waals surface area contributed by atoms with Crippen molar-refractivity contribution in [2.75, 3.05) is 38.2 Å². The van der Waals surface area contributed by atoms with E-state index in [1.54, 1.807) is 18.1 Å². The Bertz CT molecular complexity index is 725. The lowest BCUT2D eigenvalue weighted by Crippen LogP contribution is -2.48. The maximum absolute atomic E-state index is 13.5. The van der Waals surface area contributed by atoms with Crippen LogP contribution >= 0.6 is 15.9 Å². The van der Waals surface area contributed by atoms with E-state index in [0.29, 0.717) is 36.2 Å². The summed E-state index contributed by atoms with van der Waals surface area (Å²) in [5.41, 5.74) is 1.40. The Labute approximate surface area is 149 Å². The first kappa shape index (κ1) is 16.8. The zero-order chi connectivity index (χ0) is 17.1. The van der Waals surface area contributed by atoms with Gasteiger partial charge in [0.2, 0.25) is 0 Å². The highest BCUT2D eigenvalue weighted by molar-refractivity contribution is 9.10. The molecule has 0 spiro atoms. The Morgan fingerprint density at radius 1 is 1.12 bits per heavy atom. The molecule has 0 atom stereocenters. The van der Waals surface area contributed by atoms with Crippen molar-refractivity contribution < 1.29 is 13.9 Å². The topological polar surface area (TPSA) is 32.8 Å². The summed E-state index contributed by atoms with van der Waals surface area (Å²) in [7, 11) is 1.65. The van der Waals surface area contributed by atoms with E-state index in [1.165, 1.54) is 12.1 Å². The smallest absolute Gasteiger partial charge is 0.254 e. The SMILES string of the molecule is COc1ccccc1N1CCN(C(=O)c2cc(F)cc(Br)c2)CC1. The molecule has 1 heterocycles. The summed E-state index contributed by atoms with van der Waals surface area (Å²) in [6.07, 6.45) is 0. The first-order chi connectivity index (χ1) is 11.6. The zero-order valence-electron chi connectivity index (χ0n) is 13.3. The predicted octanol–water partition coefficient (Wildman–Crippen LogP) is 3.56. The molecule has 0 saturated carbocycles. The van der Waals surface area contributed by atoms with E-state index in [9.17, 15) is 9.18 Å². The number of benzene rings is 2. The van der Waals surface area contributed by atoms with Gasteiger partial charge in [-0.15, -0.1) is 0 Å². The third kappa shape index (κ3) is 3.53. The van der Waals surface area contributed by atoms with Crippen molar-refractivity contribution in [3.05, 3.63) is 58.3 Å². The van der Waals surface area contributed by atoms with Crippen LogP contribution in [-0.4, -0.2) is 44.1 Å². The molecule has 1 amide bonds. The number of para-hydroxylation sites is 2. The molecule has 1 aliphatic rings. The fraction of sp³-hybridized carbons (Fsp3) is 0.278.